The van der Waals surface area contributed by atoms with Crippen molar-refractivity contribution in [3.8, 4) is 0 Å². The van der Waals surface area contributed by atoms with Gasteiger partial charge in [-0.15, -0.1) is 5.10 Å². The zero-order chi connectivity index (χ0) is 17.8. The molecule has 0 spiro atoms. The molecule has 0 aliphatic carbocycles. The van der Waals surface area contributed by atoms with Gasteiger partial charge in [0, 0.05) is 32.2 Å². The molecule has 1 amide bonds. The summed E-state index contributed by atoms with van der Waals surface area (Å²) in [4.78, 5) is 16.3. The Balaban J connectivity index is 1.62. The maximum absolute atomic E-state index is 13.7. The first-order chi connectivity index (χ1) is 12.0. The molecule has 5 nitrogen and oxygen atoms in total. The summed E-state index contributed by atoms with van der Waals surface area (Å²) in [6.07, 6.45) is 0.740. The topological polar surface area (TPSA) is 49.3 Å². The molecule has 1 aromatic carbocycles. The molecule has 0 unspecified atom stereocenters. The van der Waals surface area contributed by atoms with E-state index in [1.54, 1.807) is 4.90 Å². The van der Waals surface area contributed by atoms with Crippen molar-refractivity contribution >= 4 is 11.7 Å². The van der Waals surface area contributed by atoms with Gasteiger partial charge in [0.05, 0.1) is 12.1 Å². The van der Waals surface area contributed by atoms with Gasteiger partial charge in [-0.3, -0.25) is 4.79 Å². The van der Waals surface area contributed by atoms with Crippen molar-refractivity contribution in [2.75, 3.05) is 31.1 Å². The molecule has 1 saturated heterocycles. The molecule has 2 heterocycles. The van der Waals surface area contributed by atoms with Crippen molar-refractivity contribution in [2.24, 2.45) is 0 Å². The van der Waals surface area contributed by atoms with Crippen molar-refractivity contribution in [3.63, 3.8) is 0 Å². The van der Waals surface area contributed by atoms with Crippen LogP contribution < -0.4 is 4.90 Å². The normalized spacial score (nSPS) is 15.2. The van der Waals surface area contributed by atoms with Crippen LogP contribution in [0, 0.1) is 18.6 Å². The van der Waals surface area contributed by atoms with Gasteiger partial charge < -0.3 is 9.80 Å². The lowest BCUT2D eigenvalue weighted by molar-refractivity contribution is -0.130. The molecule has 132 valence electrons. The molecule has 3 rings (SSSR count). The number of carbonyl (C=O) groups excluding carboxylic acids is 1. The van der Waals surface area contributed by atoms with Crippen LogP contribution in [0.2, 0.25) is 0 Å². The Kier molecular flexibility index (Phi) is 5.21. The van der Waals surface area contributed by atoms with Crippen molar-refractivity contribution in [1.82, 2.24) is 15.1 Å². The molecule has 25 heavy (non-hydrogen) atoms. The Morgan fingerprint density at radius 3 is 2.64 bits per heavy atom. The number of hydrogen-bond acceptors (Lipinski definition) is 4. The van der Waals surface area contributed by atoms with E-state index in [-0.39, 0.29) is 17.9 Å². The van der Waals surface area contributed by atoms with E-state index in [2.05, 4.69) is 15.1 Å². The Labute approximate surface area is 145 Å². The number of carbonyl (C=O) groups is 1. The first kappa shape index (κ1) is 17.3. The van der Waals surface area contributed by atoms with E-state index < -0.39 is 11.6 Å². The van der Waals surface area contributed by atoms with Gasteiger partial charge in [0.25, 0.3) is 0 Å². The van der Waals surface area contributed by atoms with E-state index in [9.17, 15) is 13.6 Å². The number of halogens is 2. The average Bonchev–Trinajstić information content (AvgIpc) is 2.84. The van der Waals surface area contributed by atoms with Crippen molar-refractivity contribution in [1.29, 1.82) is 0 Å². The first-order valence-electron chi connectivity index (χ1n) is 8.30. The summed E-state index contributed by atoms with van der Waals surface area (Å²) in [6, 6.07) is 7.14. The minimum atomic E-state index is -0.681. The smallest absolute Gasteiger partial charge is 0.227 e. The number of anilines is 1. The molecule has 1 aliphatic heterocycles. The summed E-state index contributed by atoms with van der Waals surface area (Å²) >= 11 is 0. The molecule has 1 fully saturated rings. The molecule has 0 atom stereocenters. The highest BCUT2D eigenvalue weighted by atomic mass is 19.1. The summed E-state index contributed by atoms with van der Waals surface area (Å²) in [5, 5.41) is 8.26. The van der Waals surface area contributed by atoms with Crippen LogP contribution in [0.1, 0.15) is 17.7 Å². The molecule has 1 aromatic heterocycles. The first-order valence-corrected chi connectivity index (χ1v) is 8.30. The largest absolute Gasteiger partial charge is 0.353 e. The maximum Gasteiger partial charge on any atom is 0.227 e. The number of hydrogen-bond donors (Lipinski definition) is 0. The van der Waals surface area contributed by atoms with Gasteiger partial charge in [-0.1, -0.05) is 6.07 Å². The van der Waals surface area contributed by atoms with Crippen LogP contribution in [0.4, 0.5) is 14.6 Å². The second kappa shape index (κ2) is 7.55. The lowest BCUT2D eigenvalue weighted by atomic mass is 10.1. The zero-order valence-electron chi connectivity index (χ0n) is 14.1. The monoisotopic (exact) mass is 346 g/mol. The Bertz CT molecular complexity index is 751. The van der Waals surface area contributed by atoms with Crippen LogP contribution in [0.25, 0.3) is 0 Å². The summed E-state index contributed by atoms with van der Waals surface area (Å²) in [6.45, 7) is 4.46. The van der Waals surface area contributed by atoms with Crippen LogP contribution in [-0.4, -0.2) is 47.2 Å². The van der Waals surface area contributed by atoms with E-state index in [1.165, 1.54) is 12.1 Å². The summed E-state index contributed by atoms with van der Waals surface area (Å²) < 4.78 is 26.7. The summed E-state index contributed by atoms with van der Waals surface area (Å²) in [5.74, 6) is -0.676. The highest BCUT2D eigenvalue weighted by Gasteiger charge is 2.21. The second-order valence-electron chi connectivity index (χ2n) is 6.17. The Morgan fingerprint density at radius 1 is 1.08 bits per heavy atom. The van der Waals surface area contributed by atoms with Gasteiger partial charge in [0.2, 0.25) is 5.91 Å². The summed E-state index contributed by atoms with van der Waals surface area (Å²) in [5.41, 5.74) is 1.08. The molecule has 0 radical (unpaired) electrons. The highest BCUT2D eigenvalue weighted by molar-refractivity contribution is 5.79. The van der Waals surface area contributed by atoms with E-state index in [0.29, 0.717) is 19.6 Å². The lowest BCUT2D eigenvalue weighted by Gasteiger charge is -2.22. The fourth-order valence-corrected chi connectivity index (χ4v) is 2.90. The molecule has 0 bridgehead atoms. The zero-order valence-corrected chi connectivity index (χ0v) is 14.1. The molecule has 7 heteroatoms. The van der Waals surface area contributed by atoms with E-state index in [1.807, 2.05) is 19.1 Å². The van der Waals surface area contributed by atoms with Gasteiger partial charge in [0.15, 0.2) is 5.82 Å². The lowest BCUT2D eigenvalue weighted by Crippen LogP contribution is -2.36. The molecule has 1 aliphatic rings. The van der Waals surface area contributed by atoms with E-state index in [0.717, 1.165) is 30.5 Å². The number of aryl methyl sites for hydroxylation is 1. The van der Waals surface area contributed by atoms with Crippen molar-refractivity contribution in [2.45, 2.75) is 19.8 Å². The van der Waals surface area contributed by atoms with Crippen LogP contribution in [0.15, 0.2) is 30.3 Å². The standard InChI is InChI=1S/C18H20F2N4O/c1-13-3-6-17(22-21-13)23-7-2-8-24(10-9-23)18(25)11-14-4-5-15(19)12-16(14)20/h3-6,12H,2,7-11H2,1H3. The quantitative estimate of drug-likeness (QED) is 0.856. The molecule has 0 saturated carbocycles. The van der Waals surface area contributed by atoms with E-state index in [4.69, 9.17) is 0 Å². The number of nitrogens with zero attached hydrogens (tertiary/aromatic N) is 4. The molecular formula is C18H20F2N4O. The van der Waals surface area contributed by atoms with Gasteiger partial charge in [-0.2, -0.15) is 5.10 Å². The third-order valence-electron chi connectivity index (χ3n) is 4.31. The number of amides is 1. The third kappa shape index (κ3) is 4.29. The van der Waals surface area contributed by atoms with Gasteiger partial charge in [0.1, 0.15) is 11.6 Å². The van der Waals surface area contributed by atoms with Crippen LogP contribution >= 0.6 is 0 Å². The second-order valence-corrected chi connectivity index (χ2v) is 6.17. The number of rotatable bonds is 3. The molecule has 2 aromatic rings. The minimum Gasteiger partial charge on any atom is -0.353 e. The average molecular weight is 346 g/mol. The van der Waals surface area contributed by atoms with Crippen LogP contribution in [0.3, 0.4) is 0 Å². The third-order valence-corrected chi connectivity index (χ3v) is 4.31. The van der Waals surface area contributed by atoms with Crippen LogP contribution in [0.5, 0.6) is 0 Å². The SMILES string of the molecule is Cc1ccc(N2CCCN(C(=O)Cc3ccc(F)cc3F)CC2)nn1. The van der Waals surface area contributed by atoms with Gasteiger partial charge in [-0.25, -0.2) is 8.78 Å². The van der Waals surface area contributed by atoms with Crippen molar-refractivity contribution in [3.05, 3.63) is 53.2 Å². The molecule has 0 N–H and O–H groups in total. The van der Waals surface area contributed by atoms with E-state index >= 15 is 0 Å². The fourth-order valence-electron chi connectivity index (χ4n) is 2.90. The predicted molar refractivity (Wildman–Crippen MR) is 90.2 cm³/mol. The Hall–Kier alpha value is -2.57. The Morgan fingerprint density at radius 2 is 1.92 bits per heavy atom. The van der Waals surface area contributed by atoms with Crippen LogP contribution in [-0.2, 0) is 11.2 Å². The number of aromatic nitrogens is 2. The molecular weight excluding hydrogens is 326 g/mol. The van der Waals surface area contributed by atoms with Gasteiger partial charge >= 0.3 is 0 Å². The minimum absolute atomic E-state index is 0.0591. The summed E-state index contributed by atoms with van der Waals surface area (Å²) in [7, 11) is 0. The van der Waals surface area contributed by atoms with Crippen molar-refractivity contribution < 1.29 is 13.6 Å². The van der Waals surface area contributed by atoms with Gasteiger partial charge in [-0.05, 0) is 37.1 Å². The maximum atomic E-state index is 13.7. The highest BCUT2D eigenvalue weighted by Crippen LogP contribution is 2.15. The number of benzene rings is 1. The fraction of sp³-hybridized carbons (Fsp3) is 0.389. The predicted octanol–water partition coefficient (Wildman–Crippen LogP) is 2.34.